The van der Waals surface area contributed by atoms with E-state index in [9.17, 15) is 4.39 Å². The van der Waals surface area contributed by atoms with Gasteiger partial charge in [0.25, 0.3) is 0 Å². The third kappa shape index (κ3) is 2.55. The van der Waals surface area contributed by atoms with Crippen LogP contribution in [0.5, 0.6) is 0 Å². The Morgan fingerprint density at radius 1 is 0.905 bits per heavy atom. The summed E-state index contributed by atoms with van der Waals surface area (Å²) in [7, 11) is 0. The van der Waals surface area contributed by atoms with Crippen LogP contribution in [0.4, 0.5) is 4.39 Å². The van der Waals surface area contributed by atoms with Crippen LogP contribution in [-0.2, 0) is 0 Å². The van der Waals surface area contributed by atoms with Gasteiger partial charge in [-0.25, -0.2) is 4.39 Å². The van der Waals surface area contributed by atoms with E-state index in [1.807, 2.05) is 56.3 Å². The van der Waals surface area contributed by atoms with Crippen LogP contribution in [0, 0.1) is 19.7 Å². The van der Waals surface area contributed by atoms with E-state index in [0.29, 0.717) is 5.56 Å². The van der Waals surface area contributed by atoms with Crippen LogP contribution >= 0.6 is 0 Å². The first kappa shape index (κ1) is 13.8. The van der Waals surface area contributed by atoms with Gasteiger partial charge in [0.15, 0.2) is 0 Å². The van der Waals surface area contributed by atoms with Gasteiger partial charge in [-0.2, -0.15) is 0 Å². The number of aryl methyl sites for hydroxylation is 2. The molecular weight excluding hydrogens is 261 g/mol. The molecule has 1 nitrogen and oxygen atoms in total. The van der Waals surface area contributed by atoms with Gasteiger partial charge >= 0.3 is 0 Å². The van der Waals surface area contributed by atoms with Crippen molar-refractivity contribution in [1.29, 1.82) is 0 Å². The van der Waals surface area contributed by atoms with Gasteiger partial charge in [-0.15, -0.1) is 0 Å². The molecule has 0 fully saturated rings. The highest BCUT2D eigenvalue weighted by Crippen LogP contribution is 2.28. The van der Waals surface area contributed by atoms with E-state index in [2.05, 4.69) is 6.07 Å². The maximum absolute atomic E-state index is 14.3. The summed E-state index contributed by atoms with van der Waals surface area (Å²) >= 11 is 0. The van der Waals surface area contributed by atoms with Gasteiger partial charge in [0.05, 0.1) is 6.04 Å². The first-order chi connectivity index (χ1) is 10.1. The Balaban J connectivity index is 2.10. The zero-order valence-corrected chi connectivity index (χ0v) is 12.2. The lowest BCUT2D eigenvalue weighted by atomic mass is 9.92. The summed E-state index contributed by atoms with van der Waals surface area (Å²) in [5, 5.41) is 2.28. The van der Waals surface area contributed by atoms with E-state index >= 15 is 0 Å². The zero-order chi connectivity index (χ0) is 15.0. The number of rotatable bonds is 2. The lowest BCUT2D eigenvalue weighted by Gasteiger charge is -2.17. The number of halogens is 1. The van der Waals surface area contributed by atoms with E-state index in [-0.39, 0.29) is 5.82 Å². The molecule has 3 rings (SSSR count). The molecule has 0 saturated carbocycles. The molecule has 0 aliphatic rings. The van der Waals surface area contributed by atoms with Gasteiger partial charge in [-0.05, 0) is 53.4 Å². The van der Waals surface area contributed by atoms with Crippen LogP contribution in [0.15, 0.2) is 54.6 Å². The van der Waals surface area contributed by atoms with Crippen molar-refractivity contribution in [3.8, 4) is 0 Å². The van der Waals surface area contributed by atoms with E-state index in [1.54, 1.807) is 6.07 Å². The monoisotopic (exact) mass is 279 g/mol. The molecule has 0 aliphatic carbocycles. The molecule has 0 aromatic heterocycles. The summed E-state index contributed by atoms with van der Waals surface area (Å²) in [4.78, 5) is 0. The number of benzene rings is 3. The van der Waals surface area contributed by atoms with Crippen LogP contribution < -0.4 is 5.73 Å². The molecule has 21 heavy (non-hydrogen) atoms. The molecule has 3 aromatic carbocycles. The molecule has 0 aliphatic heterocycles. The fourth-order valence-electron chi connectivity index (χ4n) is 2.89. The van der Waals surface area contributed by atoms with E-state index in [1.165, 1.54) is 0 Å². The second-order valence-electron chi connectivity index (χ2n) is 5.56. The first-order valence-corrected chi connectivity index (χ1v) is 7.07. The van der Waals surface area contributed by atoms with Gasteiger partial charge < -0.3 is 5.73 Å². The summed E-state index contributed by atoms with van der Waals surface area (Å²) in [6.45, 7) is 3.80. The molecule has 2 heteroatoms. The minimum absolute atomic E-state index is 0.229. The number of fused-ring (bicyclic) bond motifs is 1. The van der Waals surface area contributed by atoms with Crippen LogP contribution in [0.25, 0.3) is 10.8 Å². The highest BCUT2D eigenvalue weighted by atomic mass is 19.1. The predicted molar refractivity (Wildman–Crippen MR) is 85.9 cm³/mol. The minimum Gasteiger partial charge on any atom is -0.320 e. The van der Waals surface area contributed by atoms with Gasteiger partial charge in [0.2, 0.25) is 0 Å². The Morgan fingerprint density at radius 3 is 2.33 bits per heavy atom. The van der Waals surface area contributed by atoms with Gasteiger partial charge in [0, 0.05) is 5.56 Å². The lowest BCUT2D eigenvalue weighted by molar-refractivity contribution is 0.596. The molecule has 0 saturated heterocycles. The summed E-state index contributed by atoms with van der Waals surface area (Å²) in [6.07, 6.45) is 0. The van der Waals surface area contributed by atoms with Crippen molar-refractivity contribution in [3.63, 3.8) is 0 Å². The third-order valence-electron chi connectivity index (χ3n) is 3.92. The Morgan fingerprint density at radius 2 is 1.62 bits per heavy atom. The second kappa shape index (κ2) is 5.30. The smallest absolute Gasteiger partial charge is 0.128 e. The Labute approximate surface area is 124 Å². The molecule has 1 unspecified atom stereocenters. The average molecular weight is 279 g/mol. The maximum atomic E-state index is 14.3. The Kier molecular flexibility index (Phi) is 3.48. The molecule has 0 spiro atoms. The second-order valence-corrected chi connectivity index (χ2v) is 5.56. The minimum atomic E-state index is -0.449. The van der Waals surface area contributed by atoms with E-state index in [4.69, 9.17) is 5.73 Å². The maximum Gasteiger partial charge on any atom is 0.128 e. The fourth-order valence-corrected chi connectivity index (χ4v) is 2.89. The molecule has 1 atom stereocenters. The molecule has 0 bridgehead atoms. The van der Waals surface area contributed by atoms with Crippen LogP contribution in [0.2, 0.25) is 0 Å². The topological polar surface area (TPSA) is 26.0 Å². The SMILES string of the molecule is Cc1cc(C)c(C(N)c2ccc3ccccc3c2)c(F)c1. The Hall–Kier alpha value is -2.19. The largest absolute Gasteiger partial charge is 0.320 e. The number of hydrogen-bond donors (Lipinski definition) is 1. The third-order valence-corrected chi connectivity index (χ3v) is 3.92. The molecule has 0 amide bonds. The zero-order valence-electron chi connectivity index (χ0n) is 12.2. The van der Waals surface area contributed by atoms with Crippen molar-refractivity contribution in [1.82, 2.24) is 0 Å². The van der Waals surface area contributed by atoms with Crippen molar-refractivity contribution in [2.45, 2.75) is 19.9 Å². The summed E-state index contributed by atoms with van der Waals surface area (Å²) in [5.41, 5.74) is 9.64. The summed E-state index contributed by atoms with van der Waals surface area (Å²) < 4.78 is 14.3. The van der Waals surface area contributed by atoms with Crippen LogP contribution in [0.1, 0.15) is 28.3 Å². The summed E-state index contributed by atoms with van der Waals surface area (Å²) in [6, 6.07) is 17.2. The van der Waals surface area contributed by atoms with Gasteiger partial charge in [0.1, 0.15) is 5.82 Å². The summed E-state index contributed by atoms with van der Waals surface area (Å²) in [5.74, 6) is -0.229. The van der Waals surface area contributed by atoms with Crippen molar-refractivity contribution in [2.24, 2.45) is 5.73 Å². The lowest BCUT2D eigenvalue weighted by Crippen LogP contribution is -2.15. The Bertz CT molecular complexity index is 785. The quantitative estimate of drug-likeness (QED) is 0.726. The van der Waals surface area contributed by atoms with E-state index in [0.717, 1.165) is 27.5 Å². The fraction of sp³-hybridized carbons (Fsp3) is 0.158. The molecule has 106 valence electrons. The van der Waals surface area contributed by atoms with Crippen LogP contribution in [-0.4, -0.2) is 0 Å². The van der Waals surface area contributed by atoms with Gasteiger partial charge in [-0.1, -0.05) is 42.5 Å². The van der Waals surface area contributed by atoms with Crippen molar-refractivity contribution < 1.29 is 4.39 Å². The van der Waals surface area contributed by atoms with Crippen molar-refractivity contribution >= 4 is 10.8 Å². The highest BCUT2D eigenvalue weighted by molar-refractivity contribution is 5.83. The van der Waals surface area contributed by atoms with Crippen molar-refractivity contribution in [3.05, 3.63) is 82.7 Å². The normalized spacial score (nSPS) is 12.6. The molecule has 3 aromatic rings. The molecule has 0 radical (unpaired) electrons. The van der Waals surface area contributed by atoms with Crippen LogP contribution in [0.3, 0.4) is 0 Å². The average Bonchev–Trinajstić information content (AvgIpc) is 2.45. The number of hydrogen-bond acceptors (Lipinski definition) is 1. The highest BCUT2D eigenvalue weighted by Gasteiger charge is 2.17. The van der Waals surface area contributed by atoms with Crippen molar-refractivity contribution in [2.75, 3.05) is 0 Å². The molecular formula is C19H18FN. The standard InChI is InChI=1S/C19H18FN/c1-12-9-13(2)18(17(20)10-12)19(21)16-8-7-14-5-3-4-6-15(14)11-16/h3-11,19H,21H2,1-2H3. The predicted octanol–water partition coefficient (Wildman–Crippen LogP) is 4.64. The van der Waals surface area contributed by atoms with Gasteiger partial charge in [-0.3, -0.25) is 0 Å². The first-order valence-electron chi connectivity index (χ1n) is 7.07. The number of nitrogens with two attached hydrogens (primary N) is 1. The molecule has 0 heterocycles. The molecule has 2 N–H and O–H groups in total. The van der Waals surface area contributed by atoms with E-state index < -0.39 is 6.04 Å².